The van der Waals surface area contributed by atoms with Crippen molar-refractivity contribution in [2.45, 2.75) is 19.0 Å². The summed E-state index contributed by atoms with van der Waals surface area (Å²) in [5.74, 6) is 1.79. The molecular formula is C8H12N2S. The van der Waals surface area contributed by atoms with Gasteiger partial charge in [-0.3, -0.25) is 0 Å². The number of nitrogens with zero attached hydrogens (tertiary/aromatic N) is 2. The van der Waals surface area contributed by atoms with Gasteiger partial charge in [0.25, 0.3) is 0 Å². The Morgan fingerprint density at radius 1 is 1.36 bits per heavy atom. The second kappa shape index (κ2) is 4.34. The molecule has 3 heteroatoms. The van der Waals surface area contributed by atoms with E-state index in [1.807, 2.05) is 6.07 Å². The molecule has 0 amide bonds. The van der Waals surface area contributed by atoms with E-state index in [2.05, 4.69) is 23.8 Å². The van der Waals surface area contributed by atoms with Crippen LogP contribution < -0.4 is 0 Å². The lowest BCUT2D eigenvalue weighted by Crippen LogP contribution is -1.92. The lowest BCUT2D eigenvalue weighted by Gasteiger charge is -2.01. The van der Waals surface area contributed by atoms with Crippen LogP contribution in [0.2, 0.25) is 0 Å². The molecule has 11 heavy (non-hydrogen) atoms. The lowest BCUT2D eigenvalue weighted by atomic mass is 10.3. The number of aromatic nitrogens is 2. The van der Waals surface area contributed by atoms with Crippen LogP contribution in [0.1, 0.15) is 13.8 Å². The van der Waals surface area contributed by atoms with Crippen molar-refractivity contribution in [3.63, 3.8) is 0 Å². The lowest BCUT2D eigenvalue weighted by molar-refractivity contribution is 0.747. The van der Waals surface area contributed by atoms with Crippen molar-refractivity contribution in [1.29, 1.82) is 0 Å². The fourth-order valence-electron chi connectivity index (χ4n) is 0.601. The molecular weight excluding hydrogens is 156 g/mol. The summed E-state index contributed by atoms with van der Waals surface area (Å²) >= 11 is 1.71. The summed E-state index contributed by atoms with van der Waals surface area (Å²) in [6.45, 7) is 4.38. The molecule has 1 heterocycles. The number of hydrogen-bond donors (Lipinski definition) is 0. The van der Waals surface area contributed by atoms with Gasteiger partial charge in [-0.1, -0.05) is 25.6 Å². The van der Waals surface area contributed by atoms with Gasteiger partial charge in [0.05, 0.1) is 0 Å². The third kappa shape index (κ3) is 3.37. The Morgan fingerprint density at radius 3 is 2.55 bits per heavy atom. The average molecular weight is 168 g/mol. The highest BCUT2D eigenvalue weighted by molar-refractivity contribution is 7.99. The number of thioether (sulfide) groups is 1. The Labute approximate surface area is 71.5 Å². The van der Waals surface area contributed by atoms with Gasteiger partial charge in [-0.2, -0.15) is 0 Å². The van der Waals surface area contributed by atoms with Gasteiger partial charge >= 0.3 is 0 Å². The minimum Gasteiger partial charge on any atom is -0.231 e. The summed E-state index contributed by atoms with van der Waals surface area (Å²) in [4.78, 5) is 8.21. The van der Waals surface area contributed by atoms with E-state index in [-0.39, 0.29) is 0 Å². The third-order valence-corrected chi connectivity index (χ3v) is 2.39. The summed E-state index contributed by atoms with van der Waals surface area (Å²) in [6.07, 6.45) is 3.55. The van der Waals surface area contributed by atoms with Crippen LogP contribution in [0.3, 0.4) is 0 Å². The van der Waals surface area contributed by atoms with E-state index in [9.17, 15) is 0 Å². The Balaban J connectivity index is 2.39. The number of rotatable bonds is 3. The van der Waals surface area contributed by atoms with Crippen molar-refractivity contribution in [2.24, 2.45) is 5.92 Å². The standard InChI is InChI=1S/C8H12N2S/c1-7(2)6-11-8-9-4-3-5-10-8/h3-5,7H,6H2,1-2H3. The maximum Gasteiger partial charge on any atom is 0.187 e. The van der Waals surface area contributed by atoms with Crippen molar-refractivity contribution in [3.05, 3.63) is 18.5 Å². The van der Waals surface area contributed by atoms with Crippen LogP contribution in [0, 0.1) is 5.92 Å². The van der Waals surface area contributed by atoms with Crippen molar-refractivity contribution in [1.82, 2.24) is 9.97 Å². The first-order chi connectivity index (χ1) is 5.29. The Morgan fingerprint density at radius 2 is 2.00 bits per heavy atom. The maximum absolute atomic E-state index is 4.10. The molecule has 0 aromatic carbocycles. The second-order valence-electron chi connectivity index (χ2n) is 2.74. The highest BCUT2D eigenvalue weighted by Gasteiger charge is 1.97. The van der Waals surface area contributed by atoms with Gasteiger partial charge in [0.2, 0.25) is 0 Å². The molecule has 0 N–H and O–H groups in total. The average Bonchev–Trinajstić information content (AvgIpc) is 2.03. The summed E-state index contributed by atoms with van der Waals surface area (Å²) in [7, 11) is 0. The monoisotopic (exact) mass is 168 g/mol. The molecule has 0 spiro atoms. The first kappa shape index (κ1) is 8.53. The zero-order valence-corrected chi connectivity index (χ0v) is 7.64. The maximum atomic E-state index is 4.10. The summed E-state index contributed by atoms with van der Waals surface area (Å²) < 4.78 is 0. The van der Waals surface area contributed by atoms with Gasteiger partial charge in [-0.15, -0.1) is 0 Å². The van der Waals surface area contributed by atoms with Crippen molar-refractivity contribution >= 4 is 11.8 Å². The van der Waals surface area contributed by atoms with E-state index >= 15 is 0 Å². The zero-order chi connectivity index (χ0) is 8.10. The largest absolute Gasteiger partial charge is 0.231 e. The van der Waals surface area contributed by atoms with Gasteiger partial charge in [-0.25, -0.2) is 9.97 Å². The molecule has 1 rings (SSSR count). The van der Waals surface area contributed by atoms with Gasteiger partial charge in [0.15, 0.2) is 5.16 Å². The smallest absolute Gasteiger partial charge is 0.187 e. The van der Waals surface area contributed by atoms with Crippen LogP contribution >= 0.6 is 11.8 Å². The van der Waals surface area contributed by atoms with Crippen LogP contribution in [0.25, 0.3) is 0 Å². The van der Waals surface area contributed by atoms with E-state index in [1.54, 1.807) is 24.2 Å². The summed E-state index contributed by atoms with van der Waals surface area (Å²) in [5.41, 5.74) is 0. The van der Waals surface area contributed by atoms with Gasteiger partial charge < -0.3 is 0 Å². The molecule has 60 valence electrons. The van der Waals surface area contributed by atoms with Crippen LogP contribution in [-0.4, -0.2) is 15.7 Å². The molecule has 2 nitrogen and oxygen atoms in total. The molecule has 1 aromatic rings. The molecule has 0 aliphatic heterocycles. The molecule has 0 radical (unpaired) electrons. The van der Waals surface area contributed by atoms with E-state index in [0.29, 0.717) is 5.92 Å². The van der Waals surface area contributed by atoms with Gasteiger partial charge in [0, 0.05) is 18.1 Å². The van der Waals surface area contributed by atoms with E-state index in [4.69, 9.17) is 0 Å². The molecule has 0 fully saturated rings. The molecule has 0 unspecified atom stereocenters. The van der Waals surface area contributed by atoms with Crippen molar-refractivity contribution < 1.29 is 0 Å². The van der Waals surface area contributed by atoms with Crippen LogP contribution in [0.4, 0.5) is 0 Å². The van der Waals surface area contributed by atoms with E-state index < -0.39 is 0 Å². The van der Waals surface area contributed by atoms with Crippen molar-refractivity contribution in [2.75, 3.05) is 5.75 Å². The minimum absolute atomic E-state index is 0.698. The van der Waals surface area contributed by atoms with Crippen LogP contribution in [0.15, 0.2) is 23.6 Å². The summed E-state index contributed by atoms with van der Waals surface area (Å²) in [5, 5.41) is 0.876. The Hall–Kier alpha value is -0.570. The van der Waals surface area contributed by atoms with Crippen LogP contribution in [0.5, 0.6) is 0 Å². The second-order valence-corrected chi connectivity index (χ2v) is 3.72. The first-order valence-electron chi connectivity index (χ1n) is 3.69. The Kier molecular flexibility index (Phi) is 3.36. The fraction of sp³-hybridized carbons (Fsp3) is 0.500. The quantitative estimate of drug-likeness (QED) is 0.511. The molecule has 0 atom stereocenters. The molecule has 0 saturated heterocycles. The topological polar surface area (TPSA) is 25.8 Å². The molecule has 0 aliphatic carbocycles. The third-order valence-electron chi connectivity index (χ3n) is 1.09. The zero-order valence-electron chi connectivity index (χ0n) is 6.82. The molecule has 0 aliphatic rings. The van der Waals surface area contributed by atoms with Gasteiger partial charge in [0.1, 0.15) is 0 Å². The molecule has 0 bridgehead atoms. The predicted molar refractivity (Wildman–Crippen MR) is 47.6 cm³/mol. The fourth-order valence-corrected chi connectivity index (χ4v) is 1.35. The first-order valence-corrected chi connectivity index (χ1v) is 4.67. The predicted octanol–water partition coefficient (Wildman–Crippen LogP) is 2.22. The molecule has 0 saturated carbocycles. The minimum atomic E-state index is 0.698. The van der Waals surface area contributed by atoms with Crippen molar-refractivity contribution in [3.8, 4) is 0 Å². The normalized spacial score (nSPS) is 10.5. The number of hydrogen-bond acceptors (Lipinski definition) is 3. The highest BCUT2D eigenvalue weighted by Crippen LogP contribution is 2.14. The van der Waals surface area contributed by atoms with E-state index in [1.165, 1.54) is 0 Å². The Bertz CT molecular complexity index is 199. The van der Waals surface area contributed by atoms with Gasteiger partial charge in [-0.05, 0) is 12.0 Å². The highest BCUT2D eigenvalue weighted by atomic mass is 32.2. The summed E-state index contributed by atoms with van der Waals surface area (Å²) in [6, 6.07) is 1.83. The van der Waals surface area contributed by atoms with E-state index in [0.717, 1.165) is 10.9 Å². The SMILES string of the molecule is CC(C)CSc1ncccn1. The molecule has 1 aromatic heterocycles. The van der Waals surface area contributed by atoms with Crippen LogP contribution in [-0.2, 0) is 0 Å².